The van der Waals surface area contributed by atoms with Crippen LogP contribution >= 0.6 is 11.6 Å². The molecule has 0 saturated carbocycles. The number of hydrogen-bond acceptors (Lipinski definition) is 4. The second kappa shape index (κ2) is 6.48. The Kier molecular flexibility index (Phi) is 5.40. The van der Waals surface area contributed by atoms with Crippen LogP contribution < -0.4 is 10.6 Å². The van der Waals surface area contributed by atoms with E-state index in [9.17, 15) is 4.79 Å². The summed E-state index contributed by atoms with van der Waals surface area (Å²) in [5.41, 5.74) is 7.83. The Bertz CT molecular complexity index is 579. The van der Waals surface area contributed by atoms with Crippen LogP contribution in [0.2, 0.25) is 5.02 Å². The smallest absolute Gasteiger partial charge is 0.155 e. The number of nitrogens with zero attached hydrogens (tertiary/aromatic N) is 2. The number of anilines is 2. The van der Waals surface area contributed by atoms with Crippen molar-refractivity contribution in [3.63, 3.8) is 0 Å². The molecule has 0 aliphatic carbocycles. The van der Waals surface area contributed by atoms with Crippen molar-refractivity contribution >= 4 is 28.9 Å². The lowest BCUT2D eigenvalue weighted by Crippen LogP contribution is -2.49. The summed E-state index contributed by atoms with van der Waals surface area (Å²) in [6.45, 7) is 11.5. The molecule has 2 N–H and O–H groups in total. The molecule has 0 amide bonds. The Morgan fingerprint density at radius 2 is 1.95 bits per heavy atom. The van der Waals surface area contributed by atoms with E-state index < -0.39 is 5.54 Å². The minimum absolute atomic E-state index is 0.0543. The average molecular weight is 310 g/mol. The Labute approximate surface area is 132 Å². The molecule has 1 aromatic heterocycles. The Morgan fingerprint density at radius 3 is 2.38 bits per heavy atom. The van der Waals surface area contributed by atoms with Crippen LogP contribution in [0.5, 0.6) is 0 Å². The van der Waals surface area contributed by atoms with E-state index >= 15 is 0 Å². The molecule has 0 spiro atoms. The normalized spacial score (nSPS) is 12.9. The van der Waals surface area contributed by atoms with Crippen LogP contribution in [0.1, 0.15) is 48.0 Å². The van der Waals surface area contributed by atoms with Crippen LogP contribution in [0, 0.1) is 0 Å². The van der Waals surface area contributed by atoms with Gasteiger partial charge >= 0.3 is 0 Å². The summed E-state index contributed by atoms with van der Waals surface area (Å²) in [6.07, 6.45) is 2.52. The minimum atomic E-state index is -0.720. The molecule has 0 aromatic carbocycles. The van der Waals surface area contributed by atoms with Crippen molar-refractivity contribution < 1.29 is 4.79 Å². The molecule has 21 heavy (non-hydrogen) atoms. The molecule has 5 heteroatoms. The fourth-order valence-electron chi connectivity index (χ4n) is 2.11. The number of nitrogens with two attached hydrogens (primary N) is 1. The summed E-state index contributed by atoms with van der Waals surface area (Å²) < 4.78 is 0. The van der Waals surface area contributed by atoms with Gasteiger partial charge in [-0.25, -0.2) is 4.98 Å². The maximum Gasteiger partial charge on any atom is 0.155 e. The van der Waals surface area contributed by atoms with Crippen LogP contribution in [-0.4, -0.2) is 16.3 Å². The molecule has 0 saturated heterocycles. The number of pyridine rings is 1. The number of Topliss-reactive ketones (excluding diaryl/α,β-unsaturated/α-hetero) is 1. The lowest BCUT2D eigenvalue weighted by molar-refractivity contribution is -0.120. The maximum atomic E-state index is 12.1. The number of ketones is 1. The summed E-state index contributed by atoms with van der Waals surface area (Å²) >= 11 is 6.33. The fraction of sp³-hybridized carbons (Fsp3) is 0.500. The topological polar surface area (TPSA) is 59.2 Å². The highest BCUT2D eigenvalue weighted by atomic mass is 35.5. The highest BCUT2D eigenvalue weighted by Gasteiger charge is 2.34. The first-order valence-electron chi connectivity index (χ1n) is 7.01. The predicted molar refractivity (Wildman–Crippen MR) is 89.6 cm³/mol. The minimum Gasteiger partial charge on any atom is -0.384 e. The second-order valence-electron chi connectivity index (χ2n) is 5.73. The number of carbonyl (C=O) groups is 1. The molecule has 0 bridgehead atoms. The van der Waals surface area contributed by atoms with Crippen LogP contribution in [0.25, 0.3) is 0 Å². The van der Waals surface area contributed by atoms with Gasteiger partial charge in [0.05, 0.1) is 22.4 Å². The summed E-state index contributed by atoms with van der Waals surface area (Å²) in [5.74, 6) is 0.414. The fourth-order valence-corrected chi connectivity index (χ4v) is 2.35. The van der Waals surface area contributed by atoms with Crippen molar-refractivity contribution in [3.05, 3.63) is 28.6 Å². The zero-order valence-electron chi connectivity index (χ0n) is 13.6. The number of rotatable bonds is 5. The van der Waals surface area contributed by atoms with Crippen molar-refractivity contribution in [1.82, 2.24) is 4.98 Å². The Morgan fingerprint density at radius 1 is 1.38 bits per heavy atom. The first kappa shape index (κ1) is 17.5. The maximum absolute atomic E-state index is 12.1. The van der Waals surface area contributed by atoms with Crippen molar-refractivity contribution in [3.8, 4) is 0 Å². The van der Waals surface area contributed by atoms with Gasteiger partial charge in [0.25, 0.3) is 0 Å². The van der Waals surface area contributed by atoms with Gasteiger partial charge in [-0.1, -0.05) is 24.1 Å². The predicted octanol–water partition coefficient (Wildman–Crippen LogP) is 4.20. The molecule has 0 fully saturated rings. The molecule has 0 unspecified atom stereocenters. The third-order valence-corrected chi connectivity index (χ3v) is 4.30. The van der Waals surface area contributed by atoms with Crippen LogP contribution in [0.4, 0.5) is 11.5 Å². The van der Waals surface area contributed by atoms with Gasteiger partial charge in [-0.05, 0) is 41.0 Å². The first-order chi connectivity index (χ1) is 9.62. The molecule has 1 aromatic rings. The van der Waals surface area contributed by atoms with E-state index in [-0.39, 0.29) is 5.78 Å². The molecule has 116 valence electrons. The van der Waals surface area contributed by atoms with E-state index in [0.29, 0.717) is 16.5 Å². The number of allylic oxidation sites excluding steroid dienone is 2. The van der Waals surface area contributed by atoms with Gasteiger partial charge in [-0.3, -0.25) is 4.79 Å². The number of halogens is 1. The third-order valence-electron chi connectivity index (χ3n) is 4.00. The second-order valence-corrected chi connectivity index (χ2v) is 6.14. The molecule has 0 atom stereocenters. The molecule has 4 nitrogen and oxygen atoms in total. The lowest BCUT2D eigenvalue weighted by atomic mass is 9.95. The van der Waals surface area contributed by atoms with Crippen molar-refractivity contribution in [2.45, 2.75) is 53.5 Å². The van der Waals surface area contributed by atoms with Gasteiger partial charge in [0.2, 0.25) is 0 Å². The van der Waals surface area contributed by atoms with Gasteiger partial charge < -0.3 is 10.6 Å². The Hall–Kier alpha value is -1.55. The highest BCUT2D eigenvalue weighted by molar-refractivity contribution is 6.33. The van der Waals surface area contributed by atoms with Gasteiger partial charge in [-0.15, -0.1) is 0 Å². The van der Waals surface area contributed by atoms with E-state index in [1.165, 1.54) is 5.57 Å². The number of aromatic nitrogens is 1. The molecule has 0 radical (unpaired) electrons. The largest absolute Gasteiger partial charge is 0.384 e. The highest BCUT2D eigenvalue weighted by Crippen LogP contribution is 2.36. The monoisotopic (exact) mass is 309 g/mol. The summed E-state index contributed by atoms with van der Waals surface area (Å²) in [5, 5.41) is 0.486. The number of carbonyl (C=O) groups excluding carboxylic acids is 1. The van der Waals surface area contributed by atoms with Crippen LogP contribution in [0.3, 0.4) is 0 Å². The molecule has 1 rings (SSSR count). The van der Waals surface area contributed by atoms with E-state index in [1.807, 2.05) is 25.7 Å². The molecule has 0 aliphatic rings. The van der Waals surface area contributed by atoms with E-state index in [1.54, 1.807) is 19.2 Å². The zero-order valence-corrected chi connectivity index (χ0v) is 14.4. The van der Waals surface area contributed by atoms with Crippen LogP contribution in [-0.2, 0) is 4.79 Å². The van der Waals surface area contributed by atoms with Crippen LogP contribution in [0.15, 0.2) is 23.5 Å². The average Bonchev–Trinajstić information content (AvgIpc) is 2.40. The standard InChI is InChI=1S/C16H24ClN3O/c1-7-10(2)11(3)20(16(5,6)12(4)21)14-9-19-15(18)8-13(14)17/h8-9H,7H2,1-6H3,(H2,18,19)/b11-10-. The van der Waals surface area contributed by atoms with Gasteiger partial charge in [-0.2, -0.15) is 0 Å². The number of nitrogen functional groups attached to an aromatic ring is 1. The summed E-state index contributed by atoms with van der Waals surface area (Å²) in [6, 6.07) is 1.61. The van der Waals surface area contributed by atoms with Gasteiger partial charge in [0.15, 0.2) is 5.78 Å². The first-order valence-corrected chi connectivity index (χ1v) is 7.39. The summed E-state index contributed by atoms with van der Waals surface area (Å²) in [4.78, 5) is 18.2. The van der Waals surface area contributed by atoms with E-state index in [0.717, 1.165) is 12.1 Å². The van der Waals surface area contributed by atoms with Crippen molar-refractivity contribution in [1.29, 1.82) is 0 Å². The molecular weight excluding hydrogens is 286 g/mol. The number of hydrogen-bond donors (Lipinski definition) is 1. The summed E-state index contributed by atoms with van der Waals surface area (Å²) in [7, 11) is 0. The molecular formula is C16H24ClN3O. The zero-order chi connectivity index (χ0) is 16.4. The molecule has 1 heterocycles. The third kappa shape index (κ3) is 3.56. The quantitative estimate of drug-likeness (QED) is 0.885. The van der Waals surface area contributed by atoms with Gasteiger partial charge in [0, 0.05) is 11.8 Å². The lowest BCUT2D eigenvalue weighted by Gasteiger charge is -2.40. The Balaban J connectivity index is 3.57. The van der Waals surface area contributed by atoms with Crippen molar-refractivity contribution in [2.24, 2.45) is 0 Å². The SMILES string of the molecule is CC/C(C)=C(/C)N(c1cnc(N)cc1Cl)C(C)(C)C(C)=O. The molecule has 0 aliphatic heterocycles. The van der Waals surface area contributed by atoms with Gasteiger partial charge in [0.1, 0.15) is 5.82 Å². The van der Waals surface area contributed by atoms with E-state index in [4.69, 9.17) is 17.3 Å². The van der Waals surface area contributed by atoms with E-state index in [2.05, 4.69) is 18.8 Å². The van der Waals surface area contributed by atoms with Crippen molar-refractivity contribution in [2.75, 3.05) is 10.6 Å².